The van der Waals surface area contributed by atoms with E-state index < -0.39 is 6.04 Å². The fourth-order valence-electron chi connectivity index (χ4n) is 4.28. The Bertz CT molecular complexity index is 1090. The number of nitrogens with zero attached hydrogens (tertiary/aromatic N) is 6. The number of carbonyl (C=O) groups excluding carboxylic acids is 2. The molecule has 0 bridgehead atoms. The first kappa shape index (κ1) is 19.8. The summed E-state index contributed by atoms with van der Waals surface area (Å²) in [6.45, 7) is 1.40. The number of likely N-dealkylation sites (tertiary alicyclic amines) is 1. The van der Waals surface area contributed by atoms with Crippen LogP contribution in [-0.2, 0) is 9.59 Å². The minimum atomic E-state index is -0.441. The maximum absolute atomic E-state index is 13.1. The molecule has 1 atom stereocenters. The Labute approximate surface area is 183 Å². The summed E-state index contributed by atoms with van der Waals surface area (Å²) >= 11 is 1.58. The zero-order valence-corrected chi connectivity index (χ0v) is 17.9. The minimum absolute atomic E-state index is 0.134. The Hall–Kier alpha value is -3.11. The number of piperidine rings is 1. The predicted octanol–water partition coefficient (Wildman–Crippen LogP) is 2.38. The van der Waals surface area contributed by atoms with E-state index in [4.69, 9.17) is 4.74 Å². The lowest BCUT2D eigenvalue weighted by atomic mass is 10.0. The van der Waals surface area contributed by atoms with E-state index in [2.05, 4.69) is 20.3 Å². The molecule has 0 spiro atoms. The molecule has 160 valence electrons. The molecular formula is C21H22N6O3S. The van der Waals surface area contributed by atoms with Crippen LogP contribution in [0.1, 0.15) is 25.3 Å². The molecule has 9 nitrogen and oxygen atoms in total. The number of methoxy groups -OCH3 is 1. The highest BCUT2D eigenvalue weighted by Crippen LogP contribution is 2.34. The van der Waals surface area contributed by atoms with E-state index >= 15 is 0 Å². The highest BCUT2D eigenvalue weighted by atomic mass is 32.1. The molecule has 2 aliphatic heterocycles. The molecule has 2 aromatic heterocycles. The lowest BCUT2D eigenvalue weighted by Gasteiger charge is -2.34. The van der Waals surface area contributed by atoms with Crippen LogP contribution in [0, 0.1) is 0 Å². The Morgan fingerprint density at radius 2 is 1.90 bits per heavy atom. The van der Waals surface area contributed by atoms with Crippen molar-refractivity contribution in [3.8, 4) is 16.5 Å². The summed E-state index contributed by atoms with van der Waals surface area (Å²) in [6.07, 6.45) is 1.78. The third kappa shape index (κ3) is 3.61. The molecule has 31 heavy (non-hydrogen) atoms. The number of hydrogen-bond acceptors (Lipinski definition) is 8. The molecule has 2 aliphatic rings. The quantitative estimate of drug-likeness (QED) is 0.565. The van der Waals surface area contributed by atoms with Crippen LogP contribution in [0.25, 0.3) is 10.7 Å². The summed E-state index contributed by atoms with van der Waals surface area (Å²) in [5, 5.41) is 14.9. The normalized spacial score (nSPS) is 20.5. The molecule has 2 saturated heterocycles. The Morgan fingerprint density at radius 1 is 1.10 bits per heavy atom. The number of benzene rings is 1. The summed E-state index contributed by atoms with van der Waals surface area (Å²) in [7, 11) is 1.54. The van der Waals surface area contributed by atoms with Gasteiger partial charge in [-0.25, -0.2) is 4.90 Å². The number of ether oxygens (including phenoxy) is 1. The molecule has 3 aromatic rings. The molecule has 10 heteroatoms. The largest absolute Gasteiger partial charge is 0.495 e. The number of anilines is 1. The summed E-state index contributed by atoms with van der Waals surface area (Å²) < 4.78 is 5.35. The van der Waals surface area contributed by atoms with Crippen molar-refractivity contribution in [2.24, 2.45) is 0 Å². The monoisotopic (exact) mass is 438 g/mol. The van der Waals surface area contributed by atoms with Crippen molar-refractivity contribution in [3.05, 3.63) is 41.8 Å². The molecule has 5 rings (SSSR count). The topological polar surface area (TPSA) is 93.4 Å². The maximum atomic E-state index is 13.1. The van der Waals surface area contributed by atoms with Crippen LogP contribution in [0.5, 0.6) is 5.75 Å². The number of aromatic nitrogens is 4. The van der Waals surface area contributed by atoms with Crippen molar-refractivity contribution in [1.29, 1.82) is 0 Å². The fourth-order valence-corrected chi connectivity index (χ4v) is 4.93. The standard InChI is InChI=1S/C21H22N6O3S/c1-30-17-6-3-2-5-15(17)26-19(28)13-16(21(26)29)25-10-8-14(9-11-25)27-23-20(22-24-27)18-7-4-12-31-18/h2-7,12,14,16H,8-11,13H2,1H3. The average molecular weight is 439 g/mol. The molecule has 1 aromatic carbocycles. The van der Waals surface area contributed by atoms with E-state index in [0.29, 0.717) is 30.4 Å². The SMILES string of the molecule is COc1ccccc1N1C(=O)CC(N2CCC(n3nnc(-c4cccs4)n3)CC2)C1=O. The van der Waals surface area contributed by atoms with Crippen molar-refractivity contribution in [1.82, 2.24) is 25.1 Å². The van der Waals surface area contributed by atoms with Crippen LogP contribution in [-0.4, -0.2) is 63.2 Å². The third-order valence-electron chi connectivity index (χ3n) is 5.89. The van der Waals surface area contributed by atoms with Crippen LogP contribution in [0.3, 0.4) is 0 Å². The van der Waals surface area contributed by atoms with Gasteiger partial charge in [0.2, 0.25) is 11.7 Å². The predicted molar refractivity (Wildman–Crippen MR) is 115 cm³/mol. The summed E-state index contributed by atoms with van der Waals surface area (Å²) in [4.78, 5) is 31.9. The first-order chi connectivity index (χ1) is 15.2. The second kappa shape index (κ2) is 8.20. The van der Waals surface area contributed by atoms with E-state index in [0.717, 1.165) is 17.7 Å². The molecule has 0 N–H and O–H groups in total. The Morgan fingerprint density at radius 3 is 2.65 bits per heavy atom. The van der Waals surface area contributed by atoms with Crippen LogP contribution in [0.2, 0.25) is 0 Å². The van der Waals surface area contributed by atoms with Gasteiger partial charge in [0.05, 0.1) is 36.2 Å². The summed E-state index contributed by atoms with van der Waals surface area (Å²) in [5.74, 6) is 0.774. The van der Waals surface area contributed by atoms with Gasteiger partial charge in [-0.2, -0.15) is 4.80 Å². The van der Waals surface area contributed by atoms with E-state index in [1.54, 1.807) is 34.3 Å². The number of amides is 2. The van der Waals surface area contributed by atoms with Gasteiger partial charge in [-0.15, -0.1) is 21.5 Å². The van der Waals surface area contributed by atoms with Crippen molar-refractivity contribution in [2.45, 2.75) is 31.3 Å². The smallest absolute Gasteiger partial charge is 0.251 e. The average Bonchev–Trinajstić information content (AvgIpc) is 3.54. The lowest BCUT2D eigenvalue weighted by molar-refractivity contribution is -0.123. The second-order valence-corrected chi connectivity index (χ2v) is 8.58. The van der Waals surface area contributed by atoms with E-state index in [1.807, 2.05) is 23.6 Å². The highest BCUT2D eigenvalue weighted by Gasteiger charge is 2.44. The minimum Gasteiger partial charge on any atom is -0.495 e. The van der Waals surface area contributed by atoms with Gasteiger partial charge in [-0.1, -0.05) is 18.2 Å². The van der Waals surface area contributed by atoms with Crippen molar-refractivity contribution in [2.75, 3.05) is 25.1 Å². The Kier molecular flexibility index (Phi) is 5.24. The zero-order chi connectivity index (χ0) is 21.4. The number of carbonyl (C=O) groups is 2. The molecule has 0 saturated carbocycles. The van der Waals surface area contributed by atoms with E-state index in [-0.39, 0.29) is 24.3 Å². The number of imide groups is 1. The van der Waals surface area contributed by atoms with Gasteiger partial charge in [-0.3, -0.25) is 14.5 Å². The van der Waals surface area contributed by atoms with Gasteiger partial charge in [0.25, 0.3) is 5.91 Å². The lowest BCUT2D eigenvalue weighted by Crippen LogP contribution is -2.46. The number of tetrazole rings is 1. The second-order valence-electron chi connectivity index (χ2n) is 7.64. The van der Waals surface area contributed by atoms with Crippen LogP contribution < -0.4 is 9.64 Å². The molecule has 4 heterocycles. The maximum Gasteiger partial charge on any atom is 0.251 e. The van der Waals surface area contributed by atoms with Crippen molar-refractivity contribution in [3.63, 3.8) is 0 Å². The zero-order valence-electron chi connectivity index (χ0n) is 17.0. The van der Waals surface area contributed by atoms with E-state index in [1.165, 1.54) is 12.0 Å². The number of rotatable bonds is 5. The Balaban J connectivity index is 1.26. The number of hydrogen-bond donors (Lipinski definition) is 0. The fraction of sp³-hybridized carbons (Fsp3) is 0.381. The van der Waals surface area contributed by atoms with Crippen molar-refractivity contribution < 1.29 is 14.3 Å². The number of thiophene rings is 1. The van der Waals surface area contributed by atoms with Gasteiger partial charge in [0.15, 0.2) is 0 Å². The van der Waals surface area contributed by atoms with Crippen LogP contribution >= 0.6 is 11.3 Å². The van der Waals surface area contributed by atoms with Crippen molar-refractivity contribution >= 4 is 28.8 Å². The van der Waals surface area contributed by atoms with E-state index in [9.17, 15) is 9.59 Å². The highest BCUT2D eigenvalue weighted by molar-refractivity contribution is 7.13. The molecule has 2 fully saturated rings. The summed E-state index contributed by atoms with van der Waals surface area (Å²) in [5.41, 5.74) is 0.505. The molecule has 0 radical (unpaired) electrons. The van der Waals surface area contributed by atoms with Gasteiger partial charge >= 0.3 is 0 Å². The van der Waals surface area contributed by atoms with Crippen LogP contribution in [0.4, 0.5) is 5.69 Å². The first-order valence-electron chi connectivity index (χ1n) is 10.2. The molecule has 0 aliphatic carbocycles. The van der Waals surface area contributed by atoms with Crippen LogP contribution in [0.15, 0.2) is 41.8 Å². The van der Waals surface area contributed by atoms with Gasteiger partial charge in [-0.05, 0) is 41.6 Å². The molecular weight excluding hydrogens is 416 g/mol. The third-order valence-corrected chi connectivity index (χ3v) is 6.75. The van der Waals surface area contributed by atoms with Gasteiger partial charge in [0.1, 0.15) is 5.75 Å². The number of para-hydroxylation sites is 2. The van der Waals surface area contributed by atoms with Gasteiger partial charge in [0, 0.05) is 13.1 Å². The van der Waals surface area contributed by atoms with Gasteiger partial charge < -0.3 is 4.74 Å². The molecule has 1 unspecified atom stereocenters. The molecule has 2 amide bonds. The first-order valence-corrected chi connectivity index (χ1v) is 11.1. The summed E-state index contributed by atoms with van der Waals surface area (Å²) in [6, 6.07) is 10.7.